The lowest BCUT2D eigenvalue weighted by Crippen LogP contribution is -2.61. The maximum absolute atomic E-state index is 13.9. The zero-order chi connectivity index (χ0) is 25.0. The molecule has 8 heteroatoms. The van der Waals surface area contributed by atoms with Crippen molar-refractivity contribution in [1.82, 2.24) is 15.1 Å². The zero-order valence-corrected chi connectivity index (χ0v) is 19.7. The van der Waals surface area contributed by atoms with Crippen molar-refractivity contribution in [2.75, 3.05) is 6.54 Å². The molecule has 1 atom stereocenters. The molecule has 1 N–H and O–H groups in total. The molecule has 35 heavy (non-hydrogen) atoms. The van der Waals surface area contributed by atoms with Gasteiger partial charge in [-0.25, -0.2) is 4.39 Å². The van der Waals surface area contributed by atoms with Crippen LogP contribution in [0.15, 0.2) is 78.0 Å². The number of aryl methyl sites for hydroxylation is 1. The summed E-state index contributed by atoms with van der Waals surface area (Å²) in [5.74, 6) is -1.15. The highest BCUT2D eigenvalue weighted by atomic mass is 19.1. The summed E-state index contributed by atoms with van der Waals surface area (Å²) in [7, 11) is 0. The average Bonchev–Trinajstić information content (AvgIpc) is 2.84. The summed E-state index contributed by atoms with van der Waals surface area (Å²) < 4.78 is 13.4. The van der Waals surface area contributed by atoms with E-state index in [1.165, 1.54) is 17.0 Å². The molecule has 2 aromatic rings. The second kappa shape index (κ2) is 10.0. The fourth-order valence-corrected chi connectivity index (χ4v) is 4.15. The molecule has 3 amide bonds. The summed E-state index contributed by atoms with van der Waals surface area (Å²) in [5, 5.41) is 2.86. The number of hydrogen-bond acceptors (Lipinski definition) is 4. The van der Waals surface area contributed by atoms with Crippen LogP contribution >= 0.6 is 0 Å². The molecule has 0 saturated heterocycles. The minimum Gasteiger partial charge on any atom is -0.350 e. The fraction of sp³-hybridized carbons (Fsp3) is 0.259. The molecule has 0 bridgehead atoms. The molecule has 2 aromatic carbocycles. The van der Waals surface area contributed by atoms with Gasteiger partial charge in [0.15, 0.2) is 0 Å². The van der Waals surface area contributed by atoms with Crippen molar-refractivity contribution in [3.05, 3.63) is 95.5 Å². The number of rotatable bonds is 7. The van der Waals surface area contributed by atoms with Gasteiger partial charge in [-0.15, -0.1) is 0 Å². The van der Waals surface area contributed by atoms with Gasteiger partial charge in [-0.3, -0.25) is 14.4 Å². The number of hydrogen-bond donors (Lipinski definition) is 1. The number of fused-ring (bicyclic) bond motifs is 1. The van der Waals surface area contributed by atoms with Crippen molar-refractivity contribution in [2.24, 2.45) is 4.99 Å². The Hall–Kier alpha value is -4.07. The monoisotopic (exact) mass is 474 g/mol. The number of carbonyl (C=O) groups is 3. The van der Waals surface area contributed by atoms with Gasteiger partial charge in [-0.2, -0.15) is 4.99 Å². The lowest BCUT2D eigenvalue weighted by molar-refractivity contribution is -0.146. The molecule has 0 saturated carbocycles. The maximum Gasteiger partial charge on any atom is 0.250 e. The van der Waals surface area contributed by atoms with E-state index in [2.05, 4.69) is 10.3 Å². The van der Waals surface area contributed by atoms with E-state index in [0.717, 1.165) is 11.1 Å². The number of benzene rings is 2. The number of aliphatic imine (C=N–C) groups is 1. The third-order valence-corrected chi connectivity index (χ3v) is 6.08. The lowest BCUT2D eigenvalue weighted by atomic mass is 9.90. The molecule has 0 fully saturated rings. The van der Waals surface area contributed by atoms with E-state index in [9.17, 15) is 18.8 Å². The summed E-state index contributed by atoms with van der Waals surface area (Å²) in [6, 6.07) is 13.6. The fourth-order valence-electron chi connectivity index (χ4n) is 4.15. The lowest BCUT2D eigenvalue weighted by Gasteiger charge is -2.44. The predicted octanol–water partition coefficient (Wildman–Crippen LogP) is 3.25. The van der Waals surface area contributed by atoms with Gasteiger partial charge in [0, 0.05) is 19.3 Å². The van der Waals surface area contributed by atoms with Crippen LogP contribution in [0.3, 0.4) is 0 Å². The standard InChI is InChI=1S/C27H27FN4O3/c1-19-6-8-20(9-7-19)16-29-25(34)18-31(17-21-10-12-22(28)13-11-21)26(35)27(2)15-24(33)30-23-5-3-4-14-32(23)27/h3-14H,15-18H2,1-2H3,(H,29,34)/t27-/m1/s1. The molecule has 4 rings (SSSR count). The molecule has 2 heterocycles. The number of carbonyl (C=O) groups excluding carboxylic acids is 3. The highest BCUT2D eigenvalue weighted by Gasteiger charge is 2.47. The van der Waals surface area contributed by atoms with Crippen molar-refractivity contribution < 1.29 is 18.8 Å². The van der Waals surface area contributed by atoms with E-state index in [-0.39, 0.29) is 25.4 Å². The molecule has 2 aliphatic heterocycles. The Morgan fingerprint density at radius 3 is 2.49 bits per heavy atom. The predicted molar refractivity (Wildman–Crippen MR) is 130 cm³/mol. The minimum absolute atomic E-state index is 0.0840. The summed E-state index contributed by atoms with van der Waals surface area (Å²) in [4.78, 5) is 46.3. The third kappa shape index (κ3) is 5.54. The molecule has 0 radical (unpaired) electrons. The van der Waals surface area contributed by atoms with E-state index in [1.807, 2.05) is 31.2 Å². The second-order valence-electron chi connectivity index (χ2n) is 8.94. The first-order valence-electron chi connectivity index (χ1n) is 11.4. The molecule has 180 valence electrons. The Balaban J connectivity index is 1.56. The van der Waals surface area contributed by atoms with Crippen molar-refractivity contribution in [1.29, 1.82) is 0 Å². The normalized spacial score (nSPS) is 18.7. The van der Waals surface area contributed by atoms with E-state index in [1.54, 1.807) is 48.4 Å². The van der Waals surface area contributed by atoms with Crippen molar-refractivity contribution in [3.63, 3.8) is 0 Å². The van der Waals surface area contributed by atoms with Gasteiger partial charge >= 0.3 is 0 Å². The average molecular weight is 475 g/mol. The number of halogens is 1. The molecule has 0 unspecified atom stereocenters. The first-order valence-corrected chi connectivity index (χ1v) is 11.4. The number of allylic oxidation sites excluding steroid dienone is 2. The molecule has 2 aliphatic rings. The number of nitrogens with zero attached hydrogens (tertiary/aromatic N) is 3. The minimum atomic E-state index is -1.26. The van der Waals surface area contributed by atoms with Gasteiger partial charge < -0.3 is 15.1 Å². The van der Waals surface area contributed by atoms with E-state index in [4.69, 9.17) is 0 Å². The van der Waals surface area contributed by atoms with Crippen molar-refractivity contribution in [2.45, 2.75) is 38.9 Å². The van der Waals surface area contributed by atoms with E-state index in [0.29, 0.717) is 17.9 Å². The van der Waals surface area contributed by atoms with Crippen LogP contribution in [0, 0.1) is 12.7 Å². The SMILES string of the molecule is Cc1ccc(CNC(=O)CN(Cc2ccc(F)cc2)C(=O)[C@@]2(C)CC(=O)N=C3C=CC=CN32)cc1. The van der Waals surface area contributed by atoms with E-state index >= 15 is 0 Å². The highest BCUT2D eigenvalue weighted by Crippen LogP contribution is 2.30. The van der Waals surface area contributed by atoms with Gasteiger partial charge in [0.25, 0.3) is 5.91 Å². The Kier molecular flexibility index (Phi) is 6.91. The van der Waals surface area contributed by atoms with Crippen molar-refractivity contribution >= 4 is 23.6 Å². The topological polar surface area (TPSA) is 82.1 Å². The summed E-state index contributed by atoms with van der Waals surface area (Å²) >= 11 is 0. The molecule has 7 nitrogen and oxygen atoms in total. The van der Waals surface area contributed by atoms with Gasteiger partial charge in [0.1, 0.15) is 17.2 Å². The van der Waals surface area contributed by atoms with Crippen LogP contribution < -0.4 is 5.32 Å². The Bertz CT molecular complexity index is 1220. The van der Waals surface area contributed by atoms with Crippen LogP contribution in [-0.2, 0) is 27.5 Å². The van der Waals surface area contributed by atoms with Crippen LogP contribution in [0.5, 0.6) is 0 Å². The highest BCUT2D eigenvalue weighted by molar-refractivity contribution is 6.09. The van der Waals surface area contributed by atoms with Crippen LogP contribution in [0.2, 0.25) is 0 Å². The van der Waals surface area contributed by atoms with Crippen LogP contribution in [0.25, 0.3) is 0 Å². The van der Waals surface area contributed by atoms with Crippen LogP contribution in [0.1, 0.15) is 30.0 Å². The van der Waals surface area contributed by atoms with Gasteiger partial charge in [0.2, 0.25) is 11.8 Å². The zero-order valence-electron chi connectivity index (χ0n) is 19.7. The van der Waals surface area contributed by atoms with Crippen molar-refractivity contribution in [3.8, 4) is 0 Å². The number of amidine groups is 1. The van der Waals surface area contributed by atoms with Gasteiger partial charge in [0.05, 0.1) is 13.0 Å². The Morgan fingerprint density at radius 1 is 1.09 bits per heavy atom. The second-order valence-corrected chi connectivity index (χ2v) is 8.94. The smallest absolute Gasteiger partial charge is 0.250 e. The molecular formula is C27H27FN4O3. The summed E-state index contributed by atoms with van der Waals surface area (Å²) in [6.07, 6.45) is 6.75. The quantitative estimate of drug-likeness (QED) is 0.668. The number of nitrogens with one attached hydrogen (secondary N) is 1. The van der Waals surface area contributed by atoms with Gasteiger partial charge in [-0.05, 0) is 49.3 Å². The third-order valence-electron chi connectivity index (χ3n) is 6.08. The molecule has 0 spiro atoms. The van der Waals surface area contributed by atoms with Gasteiger partial charge in [-0.1, -0.05) is 48.0 Å². The molecule has 0 aliphatic carbocycles. The largest absolute Gasteiger partial charge is 0.350 e. The molecular weight excluding hydrogens is 447 g/mol. The summed E-state index contributed by atoms with van der Waals surface area (Å²) in [5.41, 5.74) is 1.47. The first kappa shape index (κ1) is 24.1. The maximum atomic E-state index is 13.9. The molecule has 0 aromatic heterocycles. The Labute approximate surface area is 203 Å². The van der Waals surface area contributed by atoms with Crippen LogP contribution in [0.4, 0.5) is 4.39 Å². The number of amides is 3. The Morgan fingerprint density at radius 2 is 1.77 bits per heavy atom. The van der Waals surface area contributed by atoms with Crippen LogP contribution in [-0.4, -0.2) is 45.4 Å². The van der Waals surface area contributed by atoms with E-state index < -0.39 is 23.2 Å². The summed E-state index contributed by atoms with van der Waals surface area (Å²) in [6.45, 7) is 3.85. The first-order chi connectivity index (χ1) is 16.7.